The van der Waals surface area contributed by atoms with Crippen molar-refractivity contribution in [3.63, 3.8) is 0 Å². The van der Waals surface area contributed by atoms with Crippen LogP contribution in [0.5, 0.6) is 5.75 Å². The Morgan fingerprint density at radius 1 is 1.42 bits per heavy atom. The number of ether oxygens (including phenoxy) is 1. The Labute approximate surface area is 113 Å². The maximum atomic E-state index is 9.91. The highest BCUT2D eigenvalue weighted by molar-refractivity contribution is 5.38. The fourth-order valence-corrected chi connectivity index (χ4v) is 2.81. The second-order valence-corrected chi connectivity index (χ2v) is 5.89. The van der Waals surface area contributed by atoms with Crippen molar-refractivity contribution in [2.45, 2.75) is 44.6 Å². The highest BCUT2D eigenvalue weighted by atomic mass is 16.5. The molecule has 0 bridgehead atoms. The van der Waals surface area contributed by atoms with Gasteiger partial charge in [0.05, 0.1) is 18.8 Å². The molecule has 1 aromatic carbocycles. The number of fused-ring (bicyclic) bond motifs is 1. The van der Waals surface area contributed by atoms with E-state index >= 15 is 0 Å². The van der Waals surface area contributed by atoms with Crippen LogP contribution in [0, 0.1) is 16.7 Å². The molecular formula is C16H19NO2. The van der Waals surface area contributed by atoms with Gasteiger partial charge in [-0.15, -0.1) is 0 Å². The van der Waals surface area contributed by atoms with E-state index in [1.807, 2.05) is 12.1 Å². The number of nitriles is 1. The highest BCUT2D eigenvalue weighted by Gasteiger charge is 2.43. The molecule has 0 spiro atoms. The summed E-state index contributed by atoms with van der Waals surface area (Å²) in [5.74, 6) is 0.872. The quantitative estimate of drug-likeness (QED) is 0.901. The van der Waals surface area contributed by atoms with E-state index in [4.69, 9.17) is 10.00 Å². The van der Waals surface area contributed by atoms with Gasteiger partial charge in [0.2, 0.25) is 0 Å². The average Bonchev–Trinajstić information content (AvgIpc) is 3.17. The van der Waals surface area contributed by atoms with Crippen LogP contribution in [0.15, 0.2) is 18.2 Å². The van der Waals surface area contributed by atoms with Gasteiger partial charge in [-0.3, -0.25) is 0 Å². The van der Waals surface area contributed by atoms with Crippen molar-refractivity contribution in [3.05, 3.63) is 29.3 Å². The first-order chi connectivity index (χ1) is 9.22. The second kappa shape index (κ2) is 4.86. The average molecular weight is 257 g/mol. The van der Waals surface area contributed by atoms with Gasteiger partial charge in [-0.1, -0.05) is 6.07 Å². The Hall–Kier alpha value is -1.53. The number of nitrogens with zero attached hydrogens (tertiary/aromatic N) is 1. The van der Waals surface area contributed by atoms with Crippen LogP contribution in [0.2, 0.25) is 0 Å². The molecule has 1 atom stereocenters. The summed E-state index contributed by atoms with van der Waals surface area (Å²) in [6.07, 6.45) is 5.40. The number of aliphatic hydroxyl groups excluding tert-OH is 1. The van der Waals surface area contributed by atoms with Gasteiger partial charge in [-0.25, -0.2) is 0 Å². The molecule has 0 aromatic heterocycles. The van der Waals surface area contributed by atoms with Crippen molar-refractivity contribution in [2.75, 3.05) is 6.61 Å². The van der Waals surface area contributed by atoms with Crippen LogP contribution in [0.3, 0.4) is 0 Å². The summed E-state index contributed by atoms with van der Waals surface area (Å²) in [7, 11) is 0. The molecule has 3 rings (SSSR count). The fourth-order valence-electron chi connectivity index (χ4n) is 2.81. The maximum absolute atomic E-state index is 9.91. The molecule has 2 aliphatic rings. The molecule has 1 N–H and O–H groups in total. The zero-order valence-corrected chi connectivity index (χ0v) is 11.1. The third-order valence-electron chi connectivity index (χ3n) is 4.35. The topological polar surface area (TPSA) is 53.2 Å². The first kappa shape index (κ1) is 12.5. The van der Waals surface area contributed by atoms with Gasteiger partial charge < -0.3 is 9.84 Å². The molecule has 0 saturated heterocycles. The van der Waals surface area contributed by atoms with Gasteiger partial charge in [0.25, 0.3) is 0 Å². The molecular weight excluding hydrogens is 238 g/mol. The summed E-state index contributed by atoms with van der Waals surface area (Å²) in [6.45, 7) is 0.641. The Balaban J connectivity index is 1.68. The summed E-state index contributed by atoms with van der Waals surface area (Å²) in [6, 6.07) is 8.23. The zero-order chi connectivity index (χ0) is 13.3. The van der Waals surface area contributed by atoms with Gasteiger partial charge in [-0.2, -0.15) is 5.26 Å². The van der Waals surface area contributed by atoms with E-state index in [1.165, 1.54) is 5.56 Å². The zero-order valence-electron chi connectivity index (χ0n) is 11.1. The van der Waals surface area contributed by atoms with Crippen LogP contribution in [-0.2, 0) is 6.42 Å². The Kier molecular flexibility index (Phi) is 3.20. The van der Waals surface area contributed by atoms with Crippen LogP contribution in [0.1, 0.15) is 49.3 Å². The molecule has 1 aromatic rings. The summed E-state index contributed by atoms with van der Waals surface area (Å²) in [5.41, 5.74) is 2.38. The first-order valence-corrected chi connectivity index (χ1v) is 7.03. The van der Waals surface area contributed by atoms with E-state index in [1.54, 1.807) is 0 Å². The number of benzene rings is 1. The van der Waals surface area contributed by atoms with Gasteiger partial charge in [0.15, 0.2) is 0 Å². The van der Waals surface area contributed by atoms with E-state index < -0.39 is 0 Å². The second-order valence-electron chi connectivity index (χ2n) is 5.89. The lowest BCUT2D eigenvalue weighted by molar-refractivity contribution is 0.156. The van der Waals surface area contributed by atoms with E-state index in [9.17, 15) is 5.11 Å². The smallest absolute Gasteiger partial charge is 0.119 e. The van der Waals surface area contributed by atoms with Crippen molar-refractivity contribution in [2.24, 2.45) is 5.41 Å². The largest absolute Gasteiger partial charge is 0.493 e. The lowest BCUT2D eigenvalue weighted by Crippen LogP contribution is -2.13. The van der Waals surface area contributed by atoms with Crippen LogP contribution in [0.4, 0.5) is 0 Å². The van der Waals surface area contributed by atoms with Gasteiger partial charge in [0, 0.05) is 11.8 Å². The highest BCUT2D eigenvalue weighted by Crippen LogP contribution is 2.48. The number of hydrogen-bond acceptors (Lipinski definition) is 3. The molecule has 0 amide bonds. The molecule has 2 aliphatic carbocycles. The lowest BCUT2D eigenvalue weighted by atomic mass is 9.89. The molecule has 1 unspecified atom stereocenters. The summed E-state index contributed by atoms with van der Waals surface area (Å²) >= 11 is 0. The minimum atomic E-state index is -0.314. The van der Waals surface area contributed by atoms with E-state index in [0.29, 0.717) is 13.0 Å². The Bertz CT molecular complexity index is 514. The van der Waals surface area contributed by atoms with Crippen molar-refractivity contribution < 1.29 is 9.84 Å². The minimum Gasteiger partial charge on any atom is -0.493 e. The van der Waals surface area contributed by atoms with E-state index in [0.717, 1.165) is 43.4 Å². The molecule has 0 heterocycles. The van der Waals surface area contributed by atoms with Crippen molar-refractivity contribution >= 4 is 0 Å². The van der Waals surface area contributed by atoms with Crippen LogP contribution < -0.4 is 4.74 Å². The molecule has 1 saturated carbocycles. The predicted octanol–water partition coefficient (Wildman–Crippen LogP) is 3.13. The number of rotatable bonds is 4. The lowest BCUT2D eigenvalue weighted by Gasteiger charge is -2.22. The van der Waals surface area contributed by atoms with Gasteiger partial charge in [-0.05, 0) is 55.4 Å². The van der Waals surface area contributed by atoms with Gasteiger partial charge in [0.1, 0.15) is 5.75 Å². The summed E-state index contributed by atoms with van der Waals surface area (Å²) in [4.78, 5) is 0. The number of aryl methyl sites for hydroxylation is 1. The third-order valence-corrected chi connectivity index (χ3v) is 4.35. The van der Waals surface area contributed by atoms with E-state index in [2.05, 4.69) is 12.1 Å². The first-order valence-electron chi connectivity index (χ1n) is 7.03. The van der Waals surface area contributed by atoms with Crippen LogP contribution >= 0.6 is 0 Å². The molecule has 19 heavy (non-hydrogen) atoms. The van der Waals surface area contributed by atoms with Crippen LogP contribution in [0.25, 0.3) is 0 Å². The van der Waals surface area contributed by atoms with Crippen LogP contribution in [-0.4, -0.2) is 11.7 Å². The summed E-state index contributed by atoms with van der Waals surface area (Å²) < 4.78 is 5.85. The molecule has 0 aliphatic heterocycles. The standard InChI is InChI=1S/C16H19NO2/c17-9-8-16(6-7-16)11-19-13-4-5-14-12(10-13)2-1-3-15(14)18/h4-5,10,15,18H,1-3,6-8,11H2. The molecule has 100 valence electrons. The van der Waals surface area contributed by atoms with Crippen molar-refractivity contribution in [1.29, 1.82) is 5.26 Å². The predicted molar refractivity (Wildman–Crippen MR) is 71.7 cm³/mol. The number of hydrogen-bond donors (Lipinski definition) is 1. The summed E-state index contributed by atoms with van der Waals surface area (Å²) in [5, 5.41) is 18.7. The molecule has 1 fully saturated rings. The van der Waals surface area contributed by atoms with Gasteiger partial charge >= 0.3 is 0 Å². The van der Waals surface area contributed by atoms with Crippen molar-refractivity contribution in [3.8, 4) is 11.8 Å². The minimum absolute atomic E-state index is 0.115. The Morgan fingerprint density at radius 3 is 3.00 bits per heavy atom. The number of aliphatic hydroxyl groups is 1. The molecule has 0 radical (unpaired) electrons. The molecule has 3 nitrogen and oxygen atoms in total. The fraction of sp³-hybridized carbons (Fsp3) is 0.562. The monoisotopic (exact) mass is 257 g/mol. The maximum Gasteiger partial charge on any atom is 0.119 e. The Morgan fingerprint density at radius 2 is 2.26 bits per heavy atom. The van der Waals surface area contributed by atoms with E-state index in [-0.39, 0.29) is 11.5 Å². The normalized spacial score (nSPS) is 23.3. The third kappa shape index (κ3) is 2.59. The van der Waals surface area contributed by atoms with Crippen molar-refractivity contribution in [1.82, 2.24) is 0 Å². The SMILES string of the molecule is N#CCC1(COc2ccc3c(c2)CCCC3O)CC1. The molecule has 3 heteroatoms.